The third-order valence-electron chi connectivity index (χ3n) is 2.39. The number of hydrogen-bond acceptors (Lipinski definition) is 5. The Labute approximate surface area is 102 Å². The second kappa shape index (κ2) is 4.18. The smallest absolute Gasteiger partial charge is 0.162 e. The molecule has 3 rings (SSSR count). The van der Waals surface area contributed by atoms with E-state index in [4.69, 9.17) is 21.1 Å². The summed E-state index contributed by atoms with van der Waals surface area (Å²) >= 11 is 5.96. The Hall–Kier alpha value is -1.88. The van der Waals surface area contributed by atoms with E-state index < -0.39 is 0 Å². The lowest BCUT2D eigenvalue weighted by molar-refractivity contribution is 0.171. The topological polar surface area (TPSA) is 57.1 Å². The fourth-order valence-electron chi connectivity index (χ4n) is 1.63. The average molecular weight is 250 g/mol. The van der Waals surface area contributed by atoms with Crippen LogP contribution in [0.3, 0.4) is 0 Å². The van der Waals surface area contributed by atoms with E-state index >= 15 is 0 Å². The Morgan fingerprint density at radius 2 is 1.94 bits per heavy atom. The zero-order chi connectivity index (χ0) is 11.7. The van der Waals surface area contributed by atoms with Crippen LogP contribution < -0.4 is 9.47 Å². The first-order chi connectivity index (χ1) is 8.34. The standard InChI is InChI=1S/C11H8ClN3O2/c12-11-10(15-14-6-13-11)7-1-2-8-9(5-7)17-4-3-16-8/h1-2,5-6H,3-4H2. The molecule has 0 N–H and O–H groups in total. The number of rotatable bonds is 1. The van der Waals surface area contributed by atoms with Gasteiger partial charge in [-0.1, -0.05) is 11.6 Å². The predicted molar refractivity (Wildman–Crippen MR) is 61.3 cm³/mol. The number of nitrogens with zero attached hydrogens (tertiary/aromatic N) is 3. The van der Waals surface area contributed by atoms with Crippen molar-refractivity contribution in [3.8, 4) is 22.8 Å². The van der Waals surface area contributed by atoms with Crippen molar-refractivity contribution in [1.29, 1.82) is 0 Å². The van der Waals surface area contributed by atoms with Crippen LogP contribution in [0.4, 0.5) is 0 Å². The number of ether oxygens (including phenoxy) is 2. The molecule has 0 atom stereocenters. The molecule has 6 heteroatoms. The highest BCUT2D eigenvalue weighted by atomic mass is 35.5. The maximum absolute atomic E-state index is 5.96. The van der Waals surface area contributed by atoms with Gasteiger partial charge in [0.25, 0.3) is 0 Å². The molecule has 0 fully saturated rings. The second-order valence-electron chi connectivity index (χ2n) is 3.46. The third kappa shape index (κ3) is 1.89. The van der Waals surface area contributed by atoms with E-state index in [1.54, 1.807) is 0 Å². The van der Waals surface area contributed by atoms with Gasteiger partial charge < -0.3 is 9.47 Å². The van der Waals surface area contributed by atoms with Gasteiger partial charge in [0.05, 0.1) is 0 Å². The molecule has 2 aromatic rings. The monoisotopic (exact) mass is 249 g/mol. The number of hydrogen-bond donors (Lipinski definition) is 0. The normalized spacial score (nSPS) is 13.5. The van der Waals surface area contributed by atoms with Gasteiger partial charge in [0.1, 0.15) is 25.2 Å². The molecule has 5 nitrogen and oxygen atoms in total. The molecule has 0 saturated heterocycles. The van der Waals surface area contributed by atoms with Gasteiger partial charge in [-0.25, -0.2) is 4.98 Å². The predicted octanol–water partition coefficient (Wildman–Crippen LogP) is 1.96. The van der Waals surface area contributed by atoms with E-state index in [1.165, 1.54) is 6.33 Å². The maximum Gasteiger partial charge on any atom is 0.162 e. The third-order valence-corrected chi connectivity index (χ3v) is 2.67. The Bertz CT molecular complexity index is 562. The van der Waals surface area contributed by atoms with Crippen molar-refractivity contribution in [1.82, 2.24) is 15.2 Å². The Kier molecular flexibility index (Phi) is 2.53. The minimum atomic E-state index is 0.316. The van der Waals surface area contributed by atoms with E-state index in [-0.39, 0.29) is 0 Å². The van der Waals surface area contributed by atoms with Crippen molar-refractivity contribution in [2.45, 2.75) is 0 Å². The summed E-state index contributed by atoms with van der Waals surface area (Å²) in [4.78, 5) is 3.89. The Morgan fingerprint density at radius 1 is 1.12 bits per heavy atom. The van der Waals surface area contributed by atoms with Crippen molar-refractivity contribution in [3.63, 3.8) is 0 Å². The largest absolute Gasteiger partial charge is 0.486 e. The van der Waals surface area contributed by atoms with E-state index in [0.717, 1.165) is 11.3 Å². The fraction of sp³-hybridized carbons (Fsp3) is 0.182. The molecule has 1 aliphatic heterocycles. The van der Waals surface area contributed by atoms with Crippen LogP contribution in [0.25, 0.3) is 11.3 Å². The number of halogens is 1. The molecular weight excluding hydrogens is 242 g/mol. The zero-order valence-electron chi connectivity index (χ0n) is 8.76. The van der Waals surface area contributed by atoms with Gasteiger partial charge >= 0.3 is 0 Å². The summed E-state index contributed by atoms with van der Waals surface area (Å²) in [6.45, 7) is 1.11. The van der Waals surface area contributed by atoms with Crippen LogP contribution in [0.5, 0.6) is 11.5 Å². The van der Waals surface area contributed by atoms with E-state index in [9.17, 15) is 0 Å². The molecule has 86 valence electrons. The molecule has 0 bridgehead atoms. The molecule has 0 amide bonds. The van der Waals surface area contributed by atoms with Crippen molar-refractivity contribution >= 4 is 11.6 Å². The summed E-state index contributed by atoms with van der Waals surface area (Å²) in [7, 11) is 0. The molecule has 0 aliphatic carbocycles. The summed E-state index contributed by atoms with van der Waals surface area (Å²) in [6, 6.07) is 5.51. The summed E-state index contributed by atoms with van der Waals surface area (Å²) in [5, 5.41) is 7.99. The van der Waals surface area contributed by atoms with Gasteiger partial charge in [0.2, 0.25) is 0 Å². The van der Waals surface area contributed by atoms with E-state index in [2.05, 4.69) is 15.2 Å². The zero-order valence-corrected chi connectivity index (χ0v) is 9.52. The van der Waals surface area contributed by atoms with E-state index in [1.807, 2.05) is 18.2 Å². The van der Waals surface area contributed by atoms with Crippen LogP contribution in [-0.4, -0.2) is 28.4 Å². The first-order valence-corrected chi connectivity index (χ1v) is 5.45. The number of aromatic nitrogens is 3. The van der Waals surface area contributed by atoms with Crippen molar-refractivity contribution < 1.29 is 9.47 Å². The summed E-state index contributed by atoms with van der Waals surface area (Å²) in [5.41, 5.74) is 1.34. The Morgan fingerprint density at radius 3 is 2.76 bits per heavy atom. The SMILES string of the molecule is Clc1ncnnc1-c1ccc2c(c1)OCCO2. The summed E-state index contributed by atoms with van der Waals surface area (Å²) in [5.74, 6) is 1.42. The minimum Gasteiger partial charge on any atom is -0.486 e. The summed E-state index contributed by atoms with van der Waals surface area (Å²) < 4.78 is 10.9. The van der Waals surface area contributed by atoms with Crippen molar-refractivity contribution in [2.75, 3.05) is 13.2 Å². The van der Waals surface area contributed by atoms with Gasteiger partial charge in [-0.2, -0.15) is 0 Å². The van der Waals surface area contributed by atoms with Crippen LogP contribution in [0.1, 0.15) is 0 Å². The van der Waals surface area contributed by atoms with Crippen molar-refractivity contribution in [2.24, 2.45) is 0 Å². The first-order valence-electron chi connectivity index (χ1n) is 5.08. The van der Waals surface area contributed by atoms with E-state index in [0.29, 0.717) is 29.8 Å². The van der Waals surface area contributed by atoms with Crippen LogP contribution in [-0.2, 0) is 0 Å². The molecule has 0 radical (unpaired) electrons. The Balaban J connectivity index is 2.07. The average Bonchev–Trinajstić information content (AvgIpc) is 2.39. The lowest BCUT2D eigenvalue weighted by atomic mass is 10.1. The highest BCUT2D eigenvalue weighted by molar-refractivity contribution is 6.31. The van der Waals surface area contributed by atoms with Gasteiger partial charge in [0.15, 0.2) is 16.7 Å². The maximum atomic E-state index is 5.96. The second-order valence-corrected chi connectivity index (χ2v) is 3.82. The number of benzene rings is 1. The molecule has 0 spiro atoms. The van der Waals surface area contributed by atoms with Crippen LogP contribution in [0.15, 0.2) is 24.5 Å². The minimum absolute atomic E-state index is 0.316. The lowest BCUT2D eigenvalue weighted by Gasteiger charge is -2.18. The molecule has 0 saturated carbocycles. The molecule has 17 heavy (non-hydrogen) atoms. The van der Waals surface area contributed by atoms with Crippen molar-refractivity contribution in [3.05, 3.63) is 29.7 Å². The van der Waals surface area contributed by atoms with Gasteiger partial charge in [0, 0.05) is 5.56 Å². The van der Waals surface area contributed by atoms with Gasteiger partial charge in [-0.3, -0.25) is 0 Å². The lowest BCUT2D eigenvalue weighted by Crippen LogP contribution is -2.15. The van der Waals surface area contributed by atoms with Crippen LogP contribution >= 0.6 is 11.6 Å². The number of fused-ring (bicyclic) bond motifs is 1. The molecule has 1 aromatic carbocycles. The van der Waals surface area contributed by atoms with Gasteiger partial charge in [-0.05, 0) is 18.2 Å². The quantitative estimate of drug-likeness (QED) is 0.773. The highest BCUT2D eigenvalue weighted by Crippen LogP contribution is 2.35. The molecular formula is C11H8ClN3O2. The first kappa shape index (κ1) is 10.3. The molecule has 0 unspecified atom stereocenters. The molecule has 1 aromatic heterocycles. The fourth-order valence-corrected chi connectivity index (χ4v) is 1.82. The van der Waals surface area contributed by atoms with Crippen LogP contribution in [0, 0.1) is 0 Å². The highest BCUT2D eigenvalue weighted by Gasteiger charge is 2.14. The summed E-state index contributed by atoms with van der Waals surface area (Å²) in [6.07, 6.45) is 1.31. The van der Waals surface area contributed by atoms with Crippen LogP contribution in [0.2, 0.25) is 5.15 Å². The van der Waals surface area contributed by atoms with Gasteiger partial charge in [-0.15, -0.1) is 10.2 Å². The molecule has 2 heterocycles. The molecule has 1 aliphatic rings.